The van der Waals surface area contributed by atoms with Crippen LogP contribution < -0.4 is 29.1 Å². The van der Waals surface area contributed by atoms with Crippen LogP contribution in [-0.2, 0) is 4.74 Å². The molecular weight excluding hydrogens is 218 g/mol. The van der Waals surface area contributed by atoms with Crippen molar-refractivity contribution in [2.24, 2.45) is 29.1 Å². The van der Waals surface area contributed by atoms with Crippen molar-refractivity contribution in [1.29, 1.82) is 0 Å². The van der Waals surface area contributed by atoms with E-state index in [4.69, 9.17) is 33.8 Å². The van der Waals surface area contributed by atoms with Gasteiger partial charge in [-0.25, -0.2) is 0 Å². The molecule has 0 saturated carbocycles. The Balaban J connectivity index is 2.73. The quantitative estimate of drug-likeness (QED) is 0.185. The van der Waals surface area contributed by atoms with Crippen LogP contribution in [0.2, 0.25) is 0 Å². The molecule has 1 heterocycles. The number of aliphatic hydroxyl groups excluding tert-OH is 2. The number of nitrogens with two attached hydrogens (primary N) is 5. The number of hydrogen-bond acceptors (Lipinski definition) is 10. The maximum absolute atomic E-state index is 9.66. The molecule has 0 amide bonds. The minimum atomic E-state index is -1.22. The van der Waals surface area contributed by atoms with Gasteiger partial charge in [-0.2, -0.15) is 10.2 Å². The summed E-state index contributed by atoms with van der Waals surface area (Å²) in [5, 5.41) is 20.9. The summed E-state index contributed by atoms with van der Waals surface area (Å²) in [5.74, 6) is 21.0. The standard InChI is InChI=1S/C6H19N7O3/c7-3-5(15)4(14)2(1-12(8)9)16-6(3)13(10)11/h2-6,14-15H,1,7-11H2/t2?,3-,4+,5?,6+/m0/s1. The molecule has 0 aromatic heterocycles. The van der Waals surface area contributed by atoms with Crippen LogP contribution in [0.3, 0.4) is 0 Å². The van der Waals surface area contributed by atoms with Crippen molar-refractivity contribution in [3.63, 3.8) is 0 Å². The van der Waals surface area contributed by atoms with Crippen LogP contribution in [0.15, 0.2) is 0 Å². The highest BCUT2D eigenvalue weighted by Crippen LogP contribution is 2.20. The second-order valence-electron chi connectivity index (χ2n) is 3.77. The highest BCUT2D eigenvalue weighted by atomic mass is 16.5. The van der Waals surface area contributed by atoms with E-state index in [9.17, 15) is 10.2 Å². The van der Waals surface area contributed by atoms with Gasteiger partial charge in [0.1, 0.15) is 18.3 Å². The molecule has 5 atom stereocenters. The monoisotopic (exact) mass is 237 g/mol. The van der Waals surface area contributed by atoms with Gasteiger partial charge in [0.25, 0.3) is 0 Å². The molecule has 0 aromatic carbocycles. The van der Waals surface area contributed by atoms with E-state index in [1.54, 1.807) is 0 Å². The van der Waals surface area contributed by atoms with Crippen molar-refractivity contribution in [3.8, 4) is 0 Å². The van der Waals surface area contributed by atoms with Crippen LogP contribution in [0.5, 0.6) is 0 Å². The van der Waals surface area contributed by atoms with Crippen molar-refractivity contribution in [1.82, 2.24) is 10.2 Å². The fourth-order valence-corrected chi connectivity index (χ4v) is 1.59. The second-order valence-corrected chi connectivity index (χ2v) is 3.77. The first-order valence-corrected chi connectivity index (χ1v) is 4.67. The van der Waals surface area contributed by atoms with Gasteiger partial charge < -0.3 is 20.7 Å². The van der Waals surface area contributed by atoms with Crippen molar-refractivity contribution in [3.05, 3.63) is 0 Å². The van der Waals surface area contributed by atoms with Gasteiger partial charge in [0.05, 0.1) is 12.6 Å². The van der Waals surface area contributed by atoms with Crippen LogP contribution >= 0.6 is 0 Å². The van der Waals surface area contributed by atoms with Crippen molar-refractivity contribution in [2.45, 2.75) is 30.6 Å². The Morgan fingerprint density at radius 1 is 1.06 bits per heavy atom. The van der Waals surface area contributed by atoms with E-state index in [-0.39, 0.29) is 6.54 Å². The van der Waals surface area contributed by atoms with Gasteiger partial charge in [-0.3, -0.25) is 23.4 Å². The van der Waals surface area contributed by atoms with Gasteiger partial charge in [-0.15, -0.1) is 0 Å². The summed E-state index contributed by atoms with van der Waals surface area (Å²) in [6.07, 6.45) is -4.19. The van der Waals surface area contributed by atoms with Crippen molar-refractivity contribution < 1.29 is 14.9 Å². The number of hydrazine groups is 4. The fraction of sp³-hybridized carbons (Fsp3) is 1.00. The number of nitrogens with zero attached hydrogens (tertiary/aromatic N) is 2. The zero-order chi connectivity index (χ0) is 12.5. The Labute approximate surface area is 92.4 Å². The molecule has 1 aliphatic heterocycles. The molecular formula is C6H19N7O3. The number of aliphatic hydroxyl groups is 2. The molecule has 16 heavy (non-hydrogen) atoms. The largest absolute Gasteiger partial charge is 0.389 e. The van der Waals surface area contributed by atoms with Gasteiger partial charge in [0.2, 0.25) is 0 Å². The molecule has 0 bridgehead atoms. The molecule has 0 radical (unpaired) electrons. The number of rotatable bonds is 3. The SMILES string of the molecule is N[C@H]1C(O)[C@H](O)C(CN(N)N)O[C@H]1N(N)N. The van der Waals surface area contributed by atoms with Gasteiger partial charge in [-0.1, -0.05) is 0 Å². The molecule has 0 spiro atoms. The Hall–Kier alpha value is -0.400. The molecule has 1 rings (SSSR count). The lowest BCUT2D eigenvalue weighted by atomic mass is 9.96. The number of ether oxygens (including phenoxy) is 1. The lowest BCUT2D eigenvalue weighted by Crippen LogP contribution is -2.69. The molecule has 0 aromatic rings. The minimum absolute atomic E-state index is 0.00468. The summed E-state index contributed by atoms with van der Waals surface area (Å²) in [4.78, 5) is 0. The molecule has 1 saturated heterocycles. The summed E-state index contributed by atoms with van der Waals surface area (Å²) >= 11 is 0. The molecule has 96 valence electrons. The maximum Gasteiger partial charge on any atom is 0.155 e. The molecule has 2 unspecified atom stereocenters. The summed E-state index contributed by atoms with van der Waals surface area (Å²) in [6.45, 7) is -0.00468. The maximum atomic E-state index is 9.66. The van der Waals surface area contributed by atoms with Crippen molar-refractivity contribution >= 4 is 0 Å². The van der Waals surface area contributed by atoms with E-state index < -0.39 is 30.6 Å². The molecule has 12 N–H and O–H groups in total. The molecule has 1 fully saturated rings. The third kappa shape index (κ3) is 2.83. The van der Waals surface area contributed by atoms with E-state index in [1.165, 1.54) is 0 Å². The average Bonchev–Trinajstić information content (AvgIpc) is 2.18. The average molecular weight is 237 g/mol. The van der Waals surface area contributed by atoms with Crippen LogP contribution in [0.1, 0.15) is 0 Å². The molecule has 10 nitrogen and oxygen atoms in total. The van der Waals surface area contributed by atoms with Crippen LogP contribution in [0, 0.1) is 0 Å². The summed E-state index contributed by atoms with van der Waals surface area (Å²) in [7, 11) is 0. The molecule has 1 aliphatic rings. The van der Waals surface area contributed by atoms with Gasteiger partial charge >= 0.3 is 0 Å². The predicted octanol–water partition coefficient (Wildman–Crippen LogP) is -5.14. The van der Waals surface area contributed by atoms with Crippen LogP contribution in [-0.4, -0.2) is 57.6 Å². The highest BCUT2D eigenvalue weighted by molar-refractivity contribution is 4.93. The summed E-state index contributed by atoms with van der Waals surface area (Å²) in [6, 6.07) is -0.926. The van der Waals surface area contributed by atoms with Gasteiger partial charge in [0.15, 0.2) is 6.23 Å². The highest BCUT2D eigenvalue weighted by Gasteiger charge is 2.44. The smallest absolute Gasteiger partial charge is 0.155 e. The lowest BCUT2D eigenvalue weighted by molar-refractivity contribution is -0.224. The Kier molecular flexibility index (Phi) is 4.52. The normalized spacial score (nSPS) is 40.7. The Bertz CT molecular complexity index is 226. The third-order valence-corrected chi connectivity index (χ3v) is 2.45. The molecule has 10 heteroatoms. The Morgan fingerprint density at radius 2 is 1.62 bits per heavy atom. The van der Waals surface area contributed by atoms with E-state index >= 15 is 0 Å². The van der Waals surface area contributed by atoms with E-state index in [1.807, 2.05) is 0 Å². The summed E-state index contributed by atoms with van der Waals surface area (Å²) < 4.78 is 5.29. The van der Waals surface area contributed by atoms with Crippen molar-refractivity contribution in [2.75, 3.05) is 6.54 Å². The summed E-state index contributed by atoms with van der Waals surface area (Å²) in [5.41, 5.74) is 5.59. The van der Waals surface area contributed by atoms with Crippen LogP contribution in [0.4, 0.5) is 0 Å². The van der Waals surface area contributed by atoms with E-state index in [2.05, 4.69) is 0 Å². The fourth-order valence-electron chi connectivity index (χ4n) is 1.59. The van der Waals surface area contributed by atoms with Gasteiger partial charge in [-0.05, 0) is 0 Å². The Morgan fingerprint density at radius 3 is 2.06 bits per heavy atom. The number of hydrogen-bond donors (Lipinski definition) is 7. The second kappa shape index (κ2) is 5.29. The molecule has 0 aliphatic carbocycles. The zero-order valence-corrected chi connectivity index (χ0v) is 8.68. The lowest BCUT2D eigenvalue weighted by Gasteiger charge is -2.43. The zero-order valence-electron chi connectivity index (χ0n) is 8.68. The van der Waals surface area contributed by atoms with E-state index in [0.29, 0.717) is 0 Å². The minimum Gasteiger partial charge on any atom is -0.389 e. The van der Waals surface area contributed by atoms with E-state index in [0.717, 1.165) is 10.2 Å². The van der Waals surface area contributed by atoms with Gasteiger partial charge in [0, 0.05) is 0 Å². The first kappa shape index (κ1) is 13.7. The third-order valence-electron chi connectivity index (χ3n) is 2.45. The first-order valence-electron chi connectivity index (χ1n) is 4.67. The first-order chi connectivity index (χ1) is 7.34. The van der Waals surface area contributed by atoms with Crippen LogP contribution in [0.25, 0.3) is 0 Å². The predicted molar refractivity (Wildman–Crippen MR) is 53.9 cm³/mol. The topological polar surface area (TPSA) is 186 Å².